The van der Waals surface area contributed by atoms with Gasteiger partial charge in [-0.1, -0.05) is 20.8 Å². The van der Waals surface area contributed by atoms with E-state index in [-0.39, 0.29) is 23.8 Å². The molecule has 0 unspecified atom stereocenters. The summed E-state index contributed by atoms with van der Waals surface area (Å²) in [4.78, 5) is 24.3. The first-order valence-corrected chi connectivity index (χ1v) is 6.28. The van der Waals surface area contributed by atoms with Gasteiger partial charge in [0.1, 0.15) is 0 Å². The highest BCUT2D eigenvalue weighted by atomic mass is 16.2. The number of hydrogen-bond acceptors (Lipinski definition) is 4. The first-order valence-electron chi connectivity index (χ1n) is 6.28. The van der Waals surface area contributed by atoms with Gasteiger partial charge < -0.3 is 5.73 Å². The molecule has 0 fully saturated rings. The quantitative estimate of drug-likeness (QED) is 0.554. The van der Waals surface area contributed by atoms with E-state index in [1.54, 1.807) is 0 Å². The second-order valence-corrected chi connectivity index (χ2v) is 5.31. The maximum Gasteiger partial charge on any atom is 0.252 e. The molecule has 106 valence electrons. The fraction of sp³-hybridized carbons (Fsp3) is 0.833. The first kappa shape index (κ1) is 16.9. The van der Waals surface area contributed by atoms with Crippen molar-refractivity contribution in [3.63, 3.8) is 0 Å². The molecule has 6 nitrogen and oxygen atoms in total. The van der Waals surface area contributed by atoms with E-state index in [1.807, 2.05) is 4.90 Å². The maximum absolute atomic E-state index is 11.6. The smallest absolute Gasteiger partial charge is 0.252 e. The van der Waals surface area contributed by atoms with Crippen LogP contribution in [-0.4, -0.2) is 42.9 Å². The number of nitrogens with one attached hydrogen (secondary N) is 2. The van der Waals surface area contributed by atoms with E-state index in [2.05, 4.69) is 31.6 Å². The van der Waals surface area contributed by atoms with Gasteiger partial charge in [-0.15, -0.1) is 0 Å². The van der Waals surface area contributed by atoms with E-state index in [0.717, 1.165) is 19.5 Å². The lowest BCUT2D eigenvalue weighted by Gasteiger charge is -2.31. The van der Waals surface area contributed by atoms with Crippen LogP contribution in [0.2, 0.25) is 0 Å². The normalized spacial score (nSPS) is 11.4. The zero-order valence-corrected chi connectivity index (χ0v) is 11.9. The van der Waals surface area contributed by atoms with Crippen LogP contribution in [0, 0.1) is 5.41 Å². The minimum Gasteiger partial charge on any atom is -0.330 e. The number of rotatable bonds is 7. The Kier molecular flexibility index (Phi) is 7.54. The Morgan fingerprint density at radius 2 is 1.89 bits per heavy atom. The molecule has 4 N–H and O–H groups in total. The molecule has 0 bridgehead atoms. The summed E-state index contributed by atoms with van der Waals surface area (Å²) in [6, 6.07) is 0. The van der Waals surface area contributed by atoms with Gasteiger partial charge in [-0.05, 0) is 24.9 Å². The summed E-state index contributed by atoms with van der Waals surface area (Å²) in [5.74, 6) is -0.501. The van der Waals surface area contributed by atoms with Crippen LogP contribution in [0.5, 0.6) is 0 Å². The van der Waals surface area contributed by atoms with Crippen LogP contribution in [-0.2, 0) is 9.59 Å². The molecule has 0 heterocycles. The highest BCUT2D eigenvalue weighted by Crippen LogP contribution is 2.14. The lowest BCUT2D eigenvalue weighted by atomic mass is 9.93. The van der Waals surface area contributed by atoms with Crippen molar-refractivity contribution >= 4 is 11.8 Å². The maximum atomic E-state index is 11.6. The van der Waals surface area contributed by atoms with Crippen molar-refractivity contribution in [3.05, 3.63) is 0 Å². The minimum absolute atomic E-state index is 0.0244. The summed E-state index contributed by atoms with van der Waals surface area (Å²) in [6.07, 6.45) is 0.966. The SMILES string of the molecule is CCCN(CC(=O)NNC(C)=O)CC(C)(C)CN. The van der Waals surface area contributed by atoms with Crippen molar-refractivity contribution in [3.8, 4) is 0 Å². The molecule has 0 saturated carbocycles. The average molecular weight is 258 g/mol. The number of hydrogen-bond donors (Lipinski definition) is 3. The molecule has 0 saturated heterocycles. The van der Waals surface area contributed by atoms with Gasteiger partial charge in [0.25, 0.3) is 5.91 Å². The van der Waals surface area contributed by atoms with Gasteiger partial charge in [0.2, 0.25) is 5.91 Å². The Balaban J connectivity index is 4.26. The van der Waals surface area contributed by atoms with Crippen LogP contribution in [0.1, 0.15) is 34.1 Å². The predicted octanol–water partition coefficient (Wildman–Crippen LogP) is -0.149. The number of carbonyl (C=O) groups excluding carboxylic acids is 2. The fourth-order valence-corrected chi connectivity index (χ4v) is 1.60. The van der Waals surface area contributed by atoms with Gasteiger partial charge in [-0.3, -0.25) is 25.3 Å². The Labute approximate surface area is 109 Å². The van der Waals surface area contributed by atoms with Gasteiger partial charge in [0.05, 0.1) is 6.54 Å². The molecule has 0 aromatic heterocycles. The van der Waals surface area contributed by atoms with Crippen molar-refractivity contribution in [2.75, 3.05) is 26.2 Å². The second kappa shape index (κ2) is 8.05. The van der Waals surface area contributed by atoms with Crippen molar-refractivity contribution in [1.82, 2.24) is 15.8 Å². The number of amides is 2. The number of carbonyl (C=O) groups is 2. The molecule has 0 spiro atoms. The first-order chi connectivity index (χ1) is 8.30. The summed E-state index contributed by atoms with van der Waals surface area (Å²) in [6.45, 7) is 9.97. The standard InChI is InChI=1S/C12H26N4O2/c1-5-6-16(9-12(3,4)8-13)7-11(18)15-14-10(2)17/h5-9,13H2,1-4H3,(H,14,17)(H,15,18). The molecular formula is C12H26N4O2. The van der Waals surface area contributed by atoms with E-state index in [4.69, 9.17) is 5.73 Å². The van der Waals surface area contributed by atoms with Crippen molar-refractivity contribution in [2.45, 2.75) is 34.1 Å². The molecule has 0 aromatic carbocycles. The Bertz CT molecular complexity index is 279. The summed E-state index contributed by atoms with van der Waals surface area (Å²) < 4.78 is 0. The molecule has 0 atom stereocenters. The van der Waals surface area contributed by atoms with Gasteiger partial charge in [-0.2, -0.15) is 0 Å². The lowest BCUT2D eigenvalue weighted by Crippen LogP contribution is -2.48. The summed E-state index contributed by atoms with van der Waals surface area (Å²) in [5.41, 5.74) is 10.3. The van der Waals surface area contributed by atoms with E-state index in [9.17, 15) is 9.59 Å². The Hall–Kier alpha value is -1.14. The average Bonchev–Trinajstić information content (AvgIpc) is 2.26. The zero-order chi connectivity index (χ0) is 14.2. The Morgan fingerprint density at radius 1 is 1.28 bits per heavy atom. The third-order valence-corrected chi connectivity index (χ3v) is 2.49. The van der Waals surface area contributed by atoms with Crippen LogP contribution in [0.4, 0.5) is 0 Å². The van der Waals surface area contributed by atoms with E-state index in [1.165, 1.54) is 6.92 Å². The van der Waals surface area contributed by atoms with E-state index in [0.29, 0.717) is 6.54 Å². The summed E-state index contributed by atoms with van der Waals surface area (Å²) >= 11 is 0. The highest BCUT2D eigenvalue weighted by Gasteiger charge is 2.21. The summed E-state index contributed by atoms with van der Waals surface area (Å²) in [7, 11) is 0. The lowest BCUT2D eigenvalue weighted by molar-refractivity contribution is -0.128. The molecule has 0 aliphatic heterocycles. The van der Waals surface area contributed by atoms with Gasteiger partial charge >= 0.3 is 0 Å². The third-order valence-electron chi connectivity index (χ3n) is 2.49. The van der Waals surface area contributed by atoms with Crippen LogP contribution < -0.4 is 16.6 Å². The molecule has 0 aliphatic rings. The summed E-state index contributed by atoms with van der Waals surface area (Å²) in [5, 5.41) is 0. The zero-order valence-electron chi connectivity index (χ0n) is 11.9. The largest absolute Gasteiger partial charge is 0.330 e. The second-order valence-electron chi connectivity index (χ2n) is 5.31. The highest BCUT2D eigenvalue weighted by molar-refractivity contribution is 5.81. The number of nitrogens with two attached hydrogens (primary N) is 1. The molecule has 0 rings (SSSR count). The van der Waals surface area contributed by atoms with Gasteiger partial charge in [-0.25, -0.2) is 0 Å². The molecule has 0 aromatic rings. The van der Waals surface area contributed by atoms with Crippen molar-refractivity contribution < 1.29 is 9.59 Å². The Morgan fingerprint density at radius 3 is 2.33 bits per heavy atom. The van der Waals surface area contributed by atoms with Gasteiger partial charge in [0.15, 0.2) is 0 Å². The molecule has 6 heteroatoms. The van der Waals surface area contributed by atoms with Gasteiger partial charge in [0, 0.05) is 13.5 Å². The van der Waals surface area contributed by atoms with Crippen molar-refractivity contribution in [2.24, 2.45) is 11.1 Å². The number of hydrazine groups is 1. The molecule has 0 radical (unpaired) electrons. The van der Waals surface area contributed by atoms with Crippen LogP contribution in [0.25, 0.3) is 0 Å². The molecule has 18 heavy (non-hydrogen) atoms. The minimum atomic E-state index is -0.285. The van der Waals surface area contributed by atoms with E-state index >= 15 is 0 Å². The molecule has 2 amide bonds. The molecule has 0 aliphatic carbocycles. The third kappa shape index (κ3) is 8.03. The van der Waals surface area contributed by atoms with Crippen LogP contribution in [0.15, 0.2) is 0 Å². The topological polar surface area (TPSA) is 87.5 Å². The molecular weight excluding hydrogens is 232 g/mol. The number of nitrogens with zero attached hydrogens (tertiary/aromatic N) is 1. The van der Waals surface area contributed by atoms with E-state index < -0.39 is 0 Å². The fourth-order valence-electron chi connectivity index (χ4n) is 1.60. The van der Waals surface area contributed by atoms with Crippen LogP contribution in [0.3, 0.4) is 0 Å². The predicted molar refractivity (Wildman–Crippen MR) is 71.5 cm³/mol. The monoisotopic (exact) mass is 258 g/mol. The van der Waals surface area contributed by atoms with Crippen molar-refractivity contribution in [1.29, 1.82) is 0 Å². The van der Waals surface area contributed by atoms with Crippen LogP contribution >= 0.6 is 0 Å².